The second kappa shape index (κ2) is 8.90. The van der Waals surface area contributed by atoms with E-state index in [0.717, 1.165) is 18.5 Å². The number of nitrogens with one attached hydrogen (secondary N) is 2. The lowest BCUT2D eigenvalue weighted by atomic mass is 10.2. The molecule has 0 aliphatic carbocycles. The summed E-state index contributed by atoms with van der Waals surface area (Å²) in [6.07, 6.45) is 1.35. The van der Waals surface area contributed by atoms with E-state index in [1.165, 1.54) is 12.1 Å². The Morgan fingerprint density at radius 3 is 2.26 bits per heavy atom. The van der Waals surface area contributed by atoms with Crippen molar-refractivity contribution in [2.45, 2.75) is 19.4 Å². The van der Waals surface area contributed by atoms with Crippen molar-refractivity contribution in [2.24, 2.45) is 0 Å². The van der Waals surface area contributed by atoms with E-state index in [9.17, 15) is 9.18 Å². The van der Waals surface area contributed by atoms with Gasteiger partial charge in [-0.25, -0.2) is 4.39 Å². The van der Waals surface area contributed by atoms with Crippen LogP contribution in [0.15, 0.2) is 48.5 Å². The number of carbonyl (C=O) groups excluding carboxylic acids is 1. The first-order valence-electron chi connectivity index (χ1n) is 7.61. The summed E-state index contributed by atoms with van der Waals surface area (Å²) in [7, 11) is 1.87. The van der Waals surface area contributed by atoms with Crippen LogP contribution in [0.1, 0.15) is 18.4 Å². The fourth-order valence-electron chi connectivity index (χ4n) is 2.03. The maximum Gasteiger partial charge on any atom is 0.220 e. The van der Waals surface area contributed by atoms with Crippen molar-refractivity contribution >= 4 is 5.91 Å². The van der Waals surface area contributed by atoms with Gasteiger partial charge >= 0.3 is 0 Å². The number of rotatable bonds is 8. The first-order chi connectivity index (χ1) is 11.2. The van der Waals surface area contributed by atoms with Crippen LogP contribution in [-0.4, -0.2) is 19.5 Å². The summed E-state index contributed by atoms with van der Waals surface area (Å²) >= 11 is 0. The van der Waals surface area contributed by atoms with Crippen LogP contribution in [0, 0.1) is 5.82 Å². The topological polar surface area (TPSA) is 50.4 Å². The number of amides is 1. The van der Waals surface area contributed by atoms with E-state index in [4.69, 9.17) is 4.74 Å². The molecule has 2 aromatic carbocycles. The van der Waals surface area contributed by atoms with Gasteiger partial charge in [0.05, 0.1) is 0 Å². The largest absolute Gasteiger partial charge is 0.457 e. The zero-order valence-electron chi connectivity index (χ0n) is 13.1. The van der Waals surface area contributed by atoms with E-state index in [-0.39, 0.29) is 11.7 Å². The minimum absolute atomic E-state index is 0.0480. The molecule has 0 aliphatic rings. The molecular weight excluding hydrogens is 295 g/mol. The molecule has 0 atom stereocenters. The molecular formula is C18H21FN2O2. The third-order valence-corrected chi connectivity index (χ3v) is 3.29. The smallest absolute Gasteiger partial charge is 0.220 e. The molecule has 0 unspecified atom stereocenters. The molecule has 4 nitrogen and oxygen atoms in total. The van der Waals surface area contributed by atoms with Gasteiger partial charge in [-0.05, 0) is 62.0 Å². The molecule has 5 heteroatoms. The Hall–Kier alpha value is -2.40. The highest BCUT2D eigenvalue weighted by Gasteiger charge is 2.02. The Bertz CT molecular complexity index is 612. The van der Waals surface area contributed by atoms with Crippen LogP contribution in [0.2, 0.25) is 0 Å². The van der Waals surface area contributed by atoms with Crippen molar-refractivity contribution in [1.82, 2.24) is 10.6 Å². The van der Waals surface area contributed by atoms with E-state index >= 15 is 0 Å². The van der Waals surface area contributed by atoms with Gasteiger partial charge in [-0.3, -0.25) is 4.79 Å². The molecule has 0 heterocycles. The first-order valence-corrected chi connectivity index (χ1v) is 7.61. The molecule has 0 spiro atoms. The third kappa shape index (κ3) is 6.08. The molecule has 1 amide bonds. The van der Waals surface area contributed by atoms with Gasteiger partial charge in [0.1, 0.15) is 17.3 Å². The van der Waals surface area contributed by atoms with Crippen LogP contribution in [0.4, 0.5) is 4.39 Å². The van der Waals surface area contributed by atoms with Gasteiger partial charge in [-0.2, -0.15) is 0 Å². The molecule has 23 heavy (non-hydrogen) atoms. The van der Waals surface area contributed by atoms with Crippen LogP contribution in [0.25, 0.3) is 0 Å². The second-order valence-electron chi connectivity index (χ2n) is 5.18. The average Bonchev–Trinajstić information content (AvgIpc) is 2.57. The Balaban J connectivity index is 1.80. The number of halogens is 1. The zero-order chi connectivity index (χ0) is 16.5. The average molecular weight is 316 g/mol. The molecule has 0 aromatic heterocycles. The van der Waals surface area contributed by atoms with Crippen molar-refractivity contribution in [3.05, 3.63) is 59.9 Å². The second-order valence-corrected chi connectivity index (χ2v) is 5.18. The lowest BCUT2D eigenvalue weighted by molar-refractivity contribution is -0.121. The molecule has 2 N–H and O–H groups in total. The molecule has 0 bridgehead atoms. The lowest BCUT2D eigenvalue weighted by Gasteiger charge is -2.08. The van der Waals surface area contributed by atoms with Crippen molar-refractivity contribution in [1.29, 1.82) is 0 Å². The number of carbonyl (C=O) groups is 1. The summed E-state index contributed by atoms with van der Waals surface area (Å²) in [5.74, 6) is 1.00. The van der Waals surface area contributed by atoms with Crippen LogP contribution in [-0.2, 0) is 11.3 Å². The fraction of sp³-hybridized carbons (Fsp3) is 0.278. The van der Waals surface area contributed by atoms with E-state index < -0.39 is 0 Å². The minimum atomic E-state index is -0.293. The highest BCUT2D eigenvalue weighted by molar-refractivity contribution is 5.75. The maximum absolute atomic E-state index is 12.8. The van der Waals surface area contributed by atoms with Gasteiger partial charge < -0.3 is 15.4 Å². The Morgan fingerprint density at radius 2 is 1.65 bits per heavy atom. The highest BCUT2D eigenvalue weighted by Crippen LogP contribution is 2.21. The fourth-order valence-corrected chi connectivity index (χ4v) is 2.03. The predicted molar refractivity (Wildman–Crippen MR) is 87.9 cm³/mol. The molecule has 2 rings (SSSR count). The zero-order valence-corrected chi connectivity index (χ0v) is 13.1. The van der Waals surface area contributed by atoms with Gasteiger partial charge in [0.2, 0.25) is 5.91 Å². The van der Waals surface area contributed by atoms with E-state index in [1.807, 2.05) is 31.3 Å². The Morgan fingerprint density at radius 1 is 1.04 bits per heavy atom. The molecule has 2 aromatic rings. The third-order valence-electron chi connectivity index (χ3n) is 3.29. The van der Waals surface area contributed by atoms with Crippen LogP contribution in [0.5, 0.6) is 11.5 Å². The highest BCUT2D eigenvalue weighted by atomic mass is 19.1. The molecule has 0 saturated heterocycles. The molecule has 0 fully saturated rings. The van der Waals surface area contributed by atoms with E-state index in [0.29, 0.717) is 24.5 Å². The summed E-state index contributed by atoms with van der Waals surface area (Å²) in [5.41, 5.74) is 0.999. The van der Waals surface area contributed by atoms with Crippen molar-refractivity contribution < 1.29 is 13.9 Å². The van der Waals surface area contributed by atoms with Gasteiger partial charge in [0.25, 0.3) is 0 Å². The monoisotopic (exact) mass is 316 g/mol. The van der Waals surface area contributed by atoms with Crippen molar-refractivity contribution in [3.8, 4) is 11.5 Å². The number of ether oxygens (including phenoxy) is 1. The molecule has 0 aliphatic heterocycles. The summed E-state index contributed by atoms with van der Waals surface area (Å²) in [4.78, 5) is 11.6. The first kappa shape index (κ1) is 17.0. The predicted octanol–water partition coefficient (Wildman–Crippen LogP) is 3.23. The summed E-state index contributed by atoms with van der Waals surface area (Å²) in [6, 6.07) is 13.3. The van der Waals surface area contributed by atoms with Crippen LogP contribution in [0.3, 0.4) is 0 Å². The summed E-state index contributed by atoms with van der Waals surface area (Å²) < 4.78 is 18.5. The van der Waals surface area contributed by atoms with Gasteiger partial charge in [-0.1, -0.05) is 12.1 Å². The quantitative estimate of drug-likeness (QED) is 0.735. The minimum Gasteiger partial charge on any atom is -0.457 e. The lowest BCUT2D eigenvalue weighted by Crippen LogP contribution is -2.23. The standard InChI is InChI=1S/C18H21FN2O2/c1-20-12-2-3-18(22)21-13-14-4-8-16(9-5-14)23-17-10-6-15(19)7-11-17/h4-11,20H,2-3,12-13H2,1H3,(H,21,22). The Kier molecular flexibility index (Phi) is 6.56. The van der Waals surface area contributed by atoms with Gasteiger partial charge in [0.15, 0.2) is 0 Å². The van der Waals surface area contributed by atoms with E-state index in [1.54, 1.807) is 12.1 Å². The number of hydrogen-bond acceptors (Lipinski definition) is 3. The molecule has 0 saturated carbocycles. The normalized spacial score (nSPS) is 10.3. The van der Waals surface area contributed by atoms with Crippen molar-refractivity contribution in [2.75, 3.05) is 13.6 Å². The Labute approximate surface area is 135 Å². The van der Waals surface area contributed by atoms with Crippen LogP contribution < -0.4 is 15.4 Å². The van der Waals surface area contributed by atoms with Gasteiger partial charge in [0, 0.05) is 13.0 Å². The van der Waals surface area contributed by atoms with Gasteiger partial charge in [-0.15, -0.1) is 0 Å². The SMILES string of the molecule is CNCCCC(=O)NCc1ccc(Oc2ccc(F)cc2)cc1. The van der Waals surface area contributed by atoms with E-state index in [2.05, 4.69) is 10.6 Å². The summed E-state index contributed by atoms with van der Waals surface area (Å²) in [5, 5.41) is 5.90. The molecule has 122 valence electrons. The van der Waals surface area contributed by atoms with Crippen LogP contribution >= 0.6 is 0 Å². The summed E-state index contributed by atoms with van der Waals surface area (Å²) in [6.45, 7) is 1.33. The van der Waals surface area contributed by atoms with Crippen molar-refractivity contribution in [3.63, 3.8) is 0 Å². The molecule has 0 radical (unpaired) electrons. The number of benzene rings is 2. The maximum atomic E-state index is 12.8. The number of hydrogen-bond donors (Lipinski definition) is 2.